The minimum atomic E-state index is -0.0369. The Kier molecular flexibility index (Phi) is 5.45. The van der Waals surface area contributed by atoms with Crippen molar-refractivity contribution in [1.29, 1.82) is 0 Å². The predicted octanol–water partition coefficient (Wildman–Crippen LogP) is 1.70. The highest BCUT2D eigenvalue weighted by Crippen LogP contribution is 2.27. The maximum Gasteiger partial charge on any atom is 0.0701 e. The Morgan fingerprint density at radius 3 is 2.36 bits per heavy atom. The normalized spacial score (nSPS) is 20.1. The first kappa shape index (κ1) is 12.0. The van der Waals surface area contributed by atoms with E-state index < -0.39 is 0 Å². The standard InChI is InChI=1S/C11H23NO2/c1-2-7-13-8-9-14-10-11(12)5-3-4-6-11/h2-10,12H2,1H3. The van der Waals surface area contributed by atoms with Crippen molar-refractivity contribution < 1.29 is 9.47 Å². The first-order valence-corrected chi connectivity index (χ1v) is 5.71. The Balaban J connectivity index is 1.92. The summed E-state index contributed by atoms with van der Waals surface area (Å²) in [5.74, 6) is 0. The fourth-order valence-electron chi connectivity index (χ4n) is 1.86. The molecule has 3 nitrogen and oxygen atoms in total. The van der Waals surface area contributed by atoms with Crippen molar-refractivity contribution in [2.24, 2.45) is 5.73 Å². The van der Waals surface area contributed by atoms with Gasteiger partial charge in [-0.3, -0.25) is 0 Å². The molecule has 1 saturated carbocycles. The first-order valence-electron chi connectivity index (χ1n) is 5.71. The van der Waals surface area contributed by atoms with Gasteiger partial charge >= 0.3 is 0 Å². The molecule has 0 radical (unpaired) electrons. The maximum absolute atomic E-state index is 6.13. The van der Waals surface area contributed by atoms with Crippen LogP contribution in [0.5, 0.6) is 0 Å². The van der Waals surface area contributed by atoms with E-state index in [0.29, 0.717) is 19.8 Å². The molecule has 0 atom stereocenters. The van der Waals surface area contributed by atoms with Gasteiger partial charge < -0.3 is 15.2 Å². The highest BCUT2D eigenvalue weighted by atomic mass is 16.5. The van der Waals surface area contributed by atoms with E-state index in [1.165, 1.54) is 12.8 Å². The van der Waals surface area contributed by atoms with Crippen molar-refractivity contribution in [3.8, 4) is 0 Å². The highest BCUT2D eigenvalue weighted by molar-refractivity contribution is 4.88. The van der Waals surface area contributed by atoms with E-state index in [2.05, 4.69) is 6.92 Å². The number of nitrogens with two attached hydrogens (primary N) is 1. The highest BCUT2D eigenvalue weighted by Gasteiger charge is 2.29. The van der Waals surface area contributed by atoms with Crippen LogP contribution in [0, 0.1) is 0 Å². The van der Waals surface area contributed by atoms with Crippen LogP contribution < -0.4 is 5.73 Å². The number of hydrogen-bond acceptors (Lipinski definition) is 3. The Morgan fingerprint density at radius 1 is 1.07 bits per heavy atom. The van der Waals surface area contributed by atoms with Crippen molar-refractivity contribution in [1.82, 2.24) is 0 Å². The molecule has 0 aromatic rings. The molecule has 1 rings (SSSR count). The lowest BCUT2D eigenvalue weighted by molar-refractivity contribution is 0.0281. The van der Waals surface area contributed by atoms with Gasteiger partial charge in [0.25, 0.3) is 0 Å². The lowest BCUT2D eigenvalue weighted by atomic mass is 10.0. The van der Waals surface area contributed by atoms with Crippen LogP contribution in [-0.2, 0) is 9.47 Å². The Bertz CT molecular complexity index is 144. The topological polar surface area (TPSA) is 44.5 Å². The van der Waals surface area contributed by atoms with Crippen LogP contribution >= 0.6 is 0 Å². The van der Waals surface area contributed by atoms with E-state index in [-0.39, 0.29) is 5.54 Å². The maximum atomic E-state index is 6.13. The average Bonchev–Trinajstić information content (AvgIpc) is 2.59. The monoisotopic (exact) mass is 201 g/mol. The molecule has 1 aliphatic rings. The molecule has 2 N–H and O–H groups in total. The van der Waals surface area contributed by atoms with E-state index in [4.69, 9.17) is 15.2 Å². The van der Waals surface area contributed by atoms with Gasteiger partial charge in [0, 0.05) is 12.1 Å². The summed E-state index contributed by atoms with van der Waals surface area (Å²) in [7, 11) is 0. The molecule has 0 bridgehead atoms. The third-order valence-corrected chi connectivity index (χ3v) is 2.71. The third kappa shape index (κ3) is 4.40. The average molecular weight is 201 g/mol. The van der Waals surface area contributed by atoms with Crippen LogP contribution in [0.4, 0.5) is 0 Å². The SMILES string of the molecule is CCCOCCOCC1(N)CCCC1. The summed E-state index contributed by atoms with van der Waals surface area (Å²) in [5.41, 5.74) is 6.10. The molecule has 0 aliphatic heterocycles. The van der Waals surface area contributed by atoms with Crippen LogP contribution in [-0.4, -0.2) is 32.0 Å². The van der Waals surface area contributed by atoms with Gasteiger partial charge in [-0.15, -0.1) is 0 Å². The second-order valence-corrected chi connectivity index (χ2v) is 4.23. The predicted molar refractivity (Wildman–Crippen MR) is 57.3 cm³/mol. The summed E-state index contributed by atoms with van der Waals surface area (Å²) in [4.78, 5) is 0. The van der Waals surface area contributed by atoms with Crippen molar-refractivity contribution in [2.45, 2.75) is 44.6 Å². The van der Waals surface area contributed by atoms with E-state index in [1.54, 1.807) is 0 Å². The quantitative estimate of drug-likeness (QED) is 0.638. The molecule has 0 aromatic carbocycles. The zero-order valence-electron chi connectivity index (χ0n) is 9.26. The molecule has 0 unspecified atom stereocenters. The zero-order chi connectivity index (χ0) is 10.3. The molecule has 0 saturated heterocycles. The van der Waals surface area contributed by atoms with Gasteiger partial charge in [-0.25, -0.2) is 0 Å². The van der Waals surface area contributed by atoms with Gasteiger partial charge in [0.05, 0.1) is 19.8 Å². The molecule has 84 valence electrons. The molecular weight excluding hydrogens is 178 g/mol. The Morgan fingerprint density at radius 2 is 1.71 bits per heavy atom. The minimum Gasteiger partial charge on any atom is -0.379 e. The van der Waals surface area contributed by atoms with E-state index in [0.717, 1.165) is 25.9 Å². The van der Waals surface area contributed by atoms with Gasteiger partial charge in [-0.2, -0.15) is 0 Å². The van der Waals surface area contributed by atoms with Gasteiger partial charge in [-0.05, 0) is 19.3 Å². The summed E-state index contributed by atoms with van der Waals surface area (Å²) in [6, 6.07) is 0. The molecular formula is C11H23NO2. The molecule has 0 heterocycles. The largest absolute Gasteiger partial charge is 0.379 e. The van der Waals surface area contributed by atoms with E-state index in [1.807, 2.05) is 0 Å². The van der Waals surface area contributed by atoms with E-state index in [9.17, 15) is 0 Å². The van der Waals surface area contributed by atoms with Crippen LogP contribution in [0.3, 0.4) is 0 Å². The van der Waals surface area contributed by atoms with Gasteiger partial charge in [-0.1, -0.05) is 19.8 Å². The molecule has 0 spiro atoms. The fourth-order valence-corrected chi connectivity index (χ4v) is 1.86. The number of ether oxygens (including phenoxy) is 2. The molecule has 1 fully saturated rings. The van der Waals surface area contributed by atoms with Crippen LogP contribution in [0.2, 0.25) is 0 Å². The summed E-state index contributed by atoms with van der Waals surface area (Å²) >= 11 is 0. The second kappa shape index (κ2) is 6.38. The number of hydrogen-bond donors (Lipinski definition) is 1. The molecule has 0 amide bonds. The lowest BCUT2D eigenvalue weighted by Gasteiger charge is -2.22. The molecule has 0 aromatic heterocycles. The van der Waals surface area contributed by atoms with Gasteiger partial charge in [0.1, 0.15) is 0 Å². The van der Waals surface area contributed by atoms with Crippen molar-refractivity contribution in [3.63, 3.8) is 0 Å². The second-order valence-electron chi connectivity index (χ2n) is 4.23. The summed E-state index contributed by atoms with van der Waals surface area (Å²) < 4.78 is 10.8. The Labute approximate surface area is 86.9 Å². The summed E-state index contributed by atoms with van der Waals surface area (Å²) in [6.45, 7) is 5.01. The lowest BCUT2D eigenvalue weighted by Crippen LogP contribution is -2.41. The Hall–Kier alpha value is -0.120. The smallest absolute Gasteiger partial charge is 0.0701 e. The van der Waals surface area contributed by atoms with Gasteiger partial charge in [0.2, 0.25) is 0 Å². The van der Waals surface area contributed by atoms with Gasteiger partial charge in [0.15, 0.2) is 0 Å². The number of rotatable bonds is 7. The molecule has 14 heavy (non-hydrogen) atoms. The fraction of sp³-hybridized carbons (Fsp3) is 1.00. The molecule has 1 aliphatic carbocycles. The van der Waals surface area contributed by atoms with Crippen molar-refractivity contribution in [2.75, 3.05) is 26.4 Å². The van der Waals surface area contributed by atoms with Crippen molar-refractivity contribution in [3.05, 3.63) is 0 Å². The van der Waals surface area contributed by atoms with Crippen LogP contribution in [0.15, 0.2) is 0 Å². The van der Waals surface area contributed by atoms with Crippen LogP contribution in [0.1, 0.15) is 39.0 Å². The zero-order valence-corrected chi connectivity index (χ0v) is 9.26. The molecule has 3 heteroatoms. The van der Waals surface area contributed by atoms with E-state index >= 15 is 0 Å². The third-order valence-electron chi connectivity index (χ3n) is 2.71. The first-order chi connectivity index (χ1) is 6.77. The minimum absolute atomic E-state index is 0.0369. The summed E-state index contributed by atoms with van der Waals surface area (Å²) in [6.07, 6.45) is 5.81. The van der Waals surface area contributed by atoms with Crippen LogP contribution in [0.25, 0.3) is 0 Å². The summed E-state index contributed by atoms with van der Waals surface area (Å²) in [5, 5.41) is 0. The van der Waals surface area contributed by atoms with Crippen molar-refractivity contribution >= 4 is 0 Å².